The fourth-order valence-electron chi connectivity index (χ4n) is 2.60. The molecule has 0 unspecified atom stereocenters. The minimum Gasteiger partial charge on any atom is -0.144 e. The fraction of sp³-hybridized carbons (Fsp3) is 0.294. The lowest BCUT2D eigenvalue weighted by Gasteiger charge is -2.16. The second kappa shape index (κ2) is 5.53. The zero-order chi connectivity index (χ0) is 12.2. The fourth-order valence-corrected chi connectivity index (χ4v) is 3.34. The highest BCUT2D eigenvalue weighted by atomic mass is 32.1. The number of hydrogen-bond donors (Lipinski definition) is 0. The molecule has 1 aliphatic rings. The van der Waals surface area contributed by atoms with E-state index in [9.17, 15) is 0 Å². The van der Waals surface area contributed by atoms with Crippen LogP contribution in [0.3, 0.4) is 0 Å². The van der Waals surface area contributed by atoms with E-state index in [0.29, 0.717) is 0 Å². The molecule has 2 aromatic rings. The van der Waals surface area contributed by atoms with Gasteiger partial charge in [-0.2, -0.15) is 0 Å². The molecule has 1 aromatic carbocycles. The molecule has 0 saturated heterocycles. The van der Waals surface area contributed by atoms with Gasteiger partial charge in [0.2, 0.25) is 0 Å². The molecule has 1 heteroatoms. The van der Waals surface area contributed by atoms with E-state index in [1.807, 2.05) is 0 Å². The van der Waals surface area contributed by atoms with Crippen molar-refractivity contribution < 1.29 is 0 Å². The first-order chi connectivity index (χ1) is 8.92. The average molecular weight is 254 g/mol. The minimum absolute atomic E-state index is 0.756. The lowest BCUT2D eigenvalue weighted by atomic mass is 9.90. The van der Waals surface area contributed by atoms with Crippen LogP contribution >= 0.6 is 11.3 Å². The lowest BCUT2D eigenvalue weighted by molar-refractivity contribution is 0.539. The summed E-state index contributed by atoms with van der Waals surface area (Å²) in [5.74, 6) is 0.756. The summed E-state index contributed by atoms with van der Waals surface area (Å²) >= 11 is 1.81. The number of allylic oxidation sites excluding steroid dienone is 2. The van der Waals surface area contributed by atoms with Crippen molar-refractivity contribution in [1.29, 1.82) is 0 Å². The maximum atomic E-state index is 2.40. The standard InChI is InChI=1S/C17H18S/c1-2-5-14(6-3-1)13-15-8-10-16(11-9-15)17-7-4-12-18-17/h2,4-5,7-12,14H,1,3,6,13H2/t14-/m1/s1. The molecule has 1 heterocycles. The Morgan fingerprint density at radius 1 is 1.11 bits per heavy atom. The van der Waals surface area contributed by atoms with Gasteiger partial charge in [0.15, 0.2) is 0 Å². The average Bonchev–Trinajstić information content (AvgIpc) is 2.95. The molecular formula is C17H18S. The Labute approximate surface area is 113 Å². The van der Waals surface area contributed by atoms with E-state index in [1.165, 1.54) is 41.7 Å². The van der Waals surface area contributed by atoms with Crippen LogP contribution in [-0.2, 0) is 6.42 Å². The van der Waals surface area contributed by atoms with Gasteiger partial charge in [-0.25, -0.2) is 0 Å². The molecule has 1 atom stereocenters. The molecule has 0 bridgehead atoms. The van der Waals surface area contributed by atoms with Crippen molar-refractivity contribution in [2.75, 3.05) is 0 Å². The van der Waals surface area contributed by atoms with Gasteiger partial charge in [-0.15, -0.1) is 11.3 Å². The number of benzene rings is 1. The van der Waals surface area contributed by atoms with Gasteiger partial charge in [-0.3, -0.25) is 0 Å². The number of rotatable bonds is 3. The molecule has 1 aromatic heterocycles. The highest BCUT2D eigenvalue weighted by Crippen LogP contribution is 2.26. The van der Waals surface area contributed by atoms with Gasteiger partial charge in [0, 0.05) is 4.88 Å². The molecular weight excluding hydrogens is 236 g/mol. The van der Waals surface area contributed by atoms with E-state index in [2.05, 4.69) is 53.9 Å². The van der Waals surface area contributed by atoms with E-state index in [-0.39, 0.29) is 0 Å². The van der Waals surface area contributed by atoms with E-state index >= 15 is 0 Å². The molecule has 0 radical (unpaired) electrons. The Kier molecular flexibility index (Phi) is 3.61. The second-order valence-electron chi connectivity index (χ2n) is 5.00. The first-order valence-electron chi connectivity index (χ1n) is 6.71. The van der Waals surface area contributed by atoms with Gasteiger partial charge < -0.3 is 0 Å². The van der Waals surface area contributed by atoms with Crippen LogP contribution < -0.4 is 0 Å². The van der Waals surface area contributed by atoms with Crippen LogP contribution in [0.15, 0.2) is 53.9 Å². The van der Waals surface area contributed by atoms with Crippen molar-refractivity contribution in [2.24, 2.45) is 5.92 Å². The zero-order valence-electron chi connectivity index (χ0n) is 10.5. The van der Waals surface area contributed by atoms with E-state index in [0.717, 1.165) is 5.92 Å². The summed E-state index contributed by atoms with van der Waals surface area (Å²) < 4.78 is 0. The molecule has 92 valence electrons. The van der Waals surface area contributed by atoms with Crippen LogP contribution in [0.2, 0.25) is 0 Å². The first-order valence-corrected chi connectivity index (χ1v) is 7.59. The van der Waals surface area contributed by atoms with E-state index in [4.69, 9.17) is 0 Å². The molecule has 0 aliphatic heterocycles. The van der Waals surface area contributed by atoms with Crippen LogP contribution in [-0.4, -0.2) is 0 Å². The topological polar surface area (TPSA) is 0 Å². The van der Waals surface area contributed by atoms with Crippen molar-refractivity contribution in [3.63, 3.8) is 0 Å². The largest absolute Gasteiger partial charge is 0.144 e. The monoisotopic (exact) mass is 254 g/mol. The highest BCUT2D eigenvalue weighted by molar-refractivity contribution is 7.13. The molecule has 0 spiro atoms. The van der Waals surface area contributed by atoms with Gasteiger partial charge in [-0.05, 0) is 54.2 Å². The highest BCUT2D eigenvalue weighted by Gasteiger charge is 2.09. The normalized spacial score (nSPS) is 19.0. The Hall–Kier alpha value is -1.34. The quantitative estimate of drug-likeness (QED) is 0.651. The van der Waals surface area contributed by atoms with Crippen LogP contribution in [0, 0.1) is 5.92 Å². The summed E-state index contributed by atoms with van der Waals surface area (Å²) in [6, 6.07) is 13.4. The van der Waals surface area contributed by atoms with Crippen LogP contribution in [0.4, 0.5) is 0 Å². The molecule has 0 saturated carbocycles. The van der Waals surface area contributed by atoms with Crippen molar-refractivity contribution in [3.05, 3.63) is 59.5 Å². The zero-order valence-corrected chi connectivity index (χ0v) is 11.3. The van der Waals surface area contributed by atoms with Crippen molar-refractivity contribution in [2.45, 2.75) is 25.7 Å². The summed E-state index contributed by atoms with van der Waals surface area (Å²) in [5, 5.41) is 2.13. The lowest BCUT2D eigenvalue weighted by Crippen LogP contribution is -2.04. The predicted molar refractivity (Wildman–Crippen MR) is 79.9 cm³/mol. The third-order valence-electron chi connectivity index (χ3n) is 3.61. The molecule has 0 nitrogen and oxygen atoms in total. The van der Waals surface area contributed by atoms with E-state index < -0.39 is 0 Å². The first kappa shape index (κ1) is 11.7. The van der Waals surface area contributed by atoms with Gasteiger partial charge in [0.1, 0.15) is 0 Å². The molecule has 1 aliphatic carbocycles. The minimum atomic E-state index is 0.756. The number of thiophene rings is 1. The van der Waals surface area contributed by atoms with E-state index in [1.54, 1.807) is 11.3 Å². The second-order valence-corrected chi connectivity index (χ2v) is 5.95. The third-order valence-corrected chi connectivity index (χ3v) is 4.53. The maximum Gasteiger partial charge on any atom is 0.0342 e. The van der Waals surface area contributed by atoms with Crippen LogP contribution in [0.25, 0.3) is 10.4 Å². The maximum absolute atomic E-state index is 2.40. The number of hydrogen-bond acceptors (Lipinski definition) is 1. The Bertz CT molecular complexity index is 505. The Balaban J connectivity index is 1.71. The Morgan fingerprint density at radius 3 is 2.67 bits per heavy atom. The summed E-state index contributed by atoms with van der Waals surface area (Å²) in [7, 11) is 0. The van der Waals surface area contributed by atoms with Crippen molar-refractivity contribution in [1.82, 2.24) is 0 Å². The summed E-state index contributed by atoms with van der Waals surface area (Å²) in [6.45, 7) is 0. The summed E-state index contributed by atoms with van der Waals surface area (Å²) in [6.07, 6.45) is 9.91. The van der Waals surface area contributed by atoms with Crippen molar-refractivity contribution in [3.8, 4) is 10.4 Å². The molecule has 0 fully saturated rings. The predicted octanol–water partition coefficient (Wildman–Crippen LogP) is 5.31. The molecule has 0 N–H and O–H groups in total. The third kappa shape index (κ3) is 2.73. The Morgan fingerprint density at radius 2 is 2.00 bits per heavy atom. The van der Waals surface area contributed by atoms with Crippen LogP contribution in [0.1, 0.15) is 24.8 Å². The van der Waals surface area contributed by atoms with Gasteiger partial charge in [0.25, 0.3) is 0 Å². The molecule has 0 amide bonds. The molecule has 3 rings (SSSR count). The summed E-state index contributed by atoms with van der Waals surface area (Å²) in [5.41, 5.74) is 2.81. The van der Waals surface area contributed by atoms with Crippen LogP contribution in [0.5, 0.6) is 0 Å². The van der Waals surface area contributed by atoms with Gasteiger partial charge in [-0.1, -0.05) is 42.5 Å². The van der Waals surface area contributed by atoms with Gasteiger partial charge in [0.05, 0.1) is 0 Å². The smallest absolute Gasteiger partial charge is 0.0342 e. The SMILES string of the molecule is C1=C[C@@H](Cc2ccc(-c3cccs3)cc2)CCC1. The van der Waals surface area contributed by atoms with Crippen molar-refractivity contribution >= 4 is 11.3 Å². The molecule has 18 heavy (non-hydrogen) atoms. The summed E-state index contributed by atoms with van der Waals surface area (Å²) in [4.78, 5) is 1.36. The van der Waals surface area contributed by atoms with Gasteiger partial charge >= 0.3 is 0 Å².